The van der Waals surface area contributed by atoms with Gasteiger partial charge in [0.25, 0.3) is 5.91 Å². The standard InChI is InChI=1S/C27H29N3O3/c1-19-10-15-25(24(18-19)28-26(31)22-11-13-23(33-3)14-12-22)30-17-7-16-29(27(30)32)20(2)21-8-5-4-6-9-21/h4-6,8-15,18,20H,7,16-17H2,1-3H3,(H,28,31)/t20-/m0/s1. The topological polar surface area (TPSA) is 61.9 Å². The van der Waals surface area contributed by atoms with Gasteiger partial charge >= 0.3 is 6.03 Å². The summed E-state index contributed by atoms with van der Waals surface area (Å²) in [5.41, 5.74) is 3.95. The van der Waals surface area contributed by atoms with E-state index in [1.807, 2.05) is 60.4 Å². The first kappa shape index (κ1) is 22.4. The smallest absolute Gasteiger partial charge is 0.325 e. The lowest BCUT2D eigenvalue weighted by atomic mass is 10.1. The number of aryl methyl sites for hydroxylation is 1. The van der Waals surface area contributed by atoms with Crippen LogP contribution < -0.4 is 15.0 Å². The molecular weight excluding hydrogens is 414 g/mol. The van der Waals surface area contributed by atoms with Gasteiger partial charge in [-0.25, -0.2) is 4.79 Å². The van der Waals surface area contributed by atoms with E-state index in [1.165, 1.54) is 0 Å². The van der Waals surface area contributed by atoms with Gasteiger partial charge in [-0.05, 0) is 67.8 Å². The summed E-state index contributed by atoms with van der Waals surface area (Å²) in [5, 5.41) is 3.01. The van der Waals surface area contributed by atoms with E-state index in [9.17, 15) is 9.59 Å². The van der Waals surface area contributed by atoms with E-state index in [-0.39, 0.29) is 18.0 Å². The average molecular weight is 444 g/mol. The lowest BCUT2D eigenvalue weighted by Crippen LogP contribution is -2.50. The SMILES string of the molecule is COc1ccc(C(=O)Nc2cc(C)ccc2N2CCCN([C@@H](C)c3ccccc3)C2=O)cc1. The van der Waals surface area contributed by atoms with Gasteiger partial charge in [0.2, 0.25) is 0 Å². The van der Waals surface area contributed by atoms with Crippen LogP contribution in [0.4, 0.5) is 16.2 Å². The number of benzene rings is 3. The number of carbonyl (C=O) groups is 2. The van der Waals surface area contributed by atoms with Crippen LogP contribution in [-0.2, 0) is 0 Å². The Morgan fingerprint density at radius 2 is 1.73 bits per heavy atom. The number of rotatable bonds is 6. The van der Waals surface area contributed by atoms with Crippen molar-refractivity contribution in [1.82, 2.24) is 4.90 Å². The number of hydrogen-bond acceptors (Lipinski definition) is 3. The number of ether oxygens (including phenoxy) is 1. The van der Waals surface area contributed by atoms with Crippen LogP contribution in [0.1, 0.15) is 40.9 Å². The number of nitrogens with zero attached hydrogens (tertiary/aromatic N) is 2. The summed E-state index contributed by atoms with van der Waals surface area (Å²) in [6.45, 7) is 5.32. The molecule has 1 atom stereocenters. The second kappa shape index (κ2) is 9.77. The van der Waals surface area contributed by atoms with E-state index in [0.29, 0.717) is 35.8 Å². The van der Waals surface area contributed by atoms with E-state index in [4.69, 9.17) is 4.74 Å². The van der Waals surface area contributed by atoms with E-state index >= 15 is 0 Å². The third-order valence-corrected chi connectivity index (χ3v) is 6.05. The van der Waals surface area contributed by atoms with Gasteiger partial charge in [-0.1, -0.05) is 36.4 Å². The number of methoxy groups -OCH3 is 1. The molecule has 1 heterocycles. The Balaban J connectivity index is 1.59. The minimum absolute atomic E-state index is 0.0377. The summed E-state index contributed by atoms with van der Waals surface area (Å²) in [5.74, 6) is 0.456. The molecule has 3 aromatic rings. The van der Waals surface area contributed by atoms with E-state index in [0.717, 1.165) is 17.5 Å². The van der Waals surface area contributed by atoms with Gasteiger partial charge in [0.1, 0.15) is 5.75 Å². The predicted octanol–water partition coefficient (Wildman–Crippen LogP) is 5.65. The van der Waals surface area contributed by atoms with Gasteiger partial charge in [0.05, 0.1) is 24.5 Å². The molecule has 6 nitrogen and oxygen atoms in total. The van der Waals surface area contributed by atoms with Gasteiger partial charge in [0, 0.05) is 18.7 Å². The van der Waals surface area contributed by atoms with Crippen molar-refractivity contribution in [2.75, 3.05) is 30.4 Å². The fourth-order valence-electron chi connectivity index (χ4n) is 4.16. The summed E-state index contributed by atoms with van der Waals surface area (Å²) in [6, 6.07) is 22.7. The lowest BCUT2D eigenvalue weighted by Gasteiger charge is -2.39. The molecule has 0 radical (unpaired) electrons. The summed E-state index contributed by atoms with van der Waals surface area (Å²) in [7, 11) is 1.59. The second-order valence-electron chi connectivity index (χ2n) is 8.27. The van der Waals surface area contributed by atoms with Crippen molar-refractivity contribution in [2.24, 2.45) is 0 Å². The molecule has 0 saturated carbocycles. The Hall–Kier alpha value is -3.80. The zero-order valence-electron chi connectivity index (χ0n) is 19.2. The van der Waals surface area contributed by atoms with Gasteiger partial charge in [-0.2, -0.15) is 0 Å². The zero-order valence-corrected chi connectivity index (χ0v) is 19.2. The van der Waals surface area contributed by atoms with E-state index in [2.05, 4.69) is 12.2 Å². The maximum absolute atomic E-state index is 13.5. The number of nitrogens with one attached hydrogen (secondary N) is 1. The van der Waals surface area contributed by atoms with Crippen LogP contribution in [0.25, 0.3) is 0 Å². The Labute approximate surface area is 194 Å². The largest absolute Gasteiger partial charge is 0.497 e. The molecule has 3 aromatic carbocycles. The molecule has 0 aliphatic carbocycles. The minimum atomic E-state index is -0.233. The zero-order chi connectivity index (χ0) is 23.4. The first-order chi connectivity index (χ1) is 16.0. The highest BCUT2D eigenvalue weighted by Gasteiger charge is 2.32. The van der Waals surface area contributed by atoms with Gasteiger partial charge in [-0.15, -0.1) is 0 Å². The summed E-state index contributed by atoms with van der Waals surface area (Å²) in [4.78, 5) is 30.1. The number of anilines is 2. The van der Waals surface area contributed by atoms with Gasteiger partial charge in [-0.3, -0.25) is 9.69 Å². The second-order valence-corrected chi connectivity index (χ2v) is 8.27. The Kier molecular flexibility index (Phi) is 6.63. The molecule has 170 valence electrons. The molecule has 0 aromatic heterocycles. The van der Waals surface area contributed by atoms with E-state index in [1.54, 1.807) is 36.3 Å². The van der Waals surface area contributed by atoms with E-state index < -0.39 is 0 Å². The van der Waals surface area contributed by atoms with Crippen molar-refractivity contribution in [3.8, 4) is 5.75 Å². The molecule has 1 N–H and O–H groups in total. The quantitative estimate of drug-likeness (QED) is 0.536. The van der Waals surface area contributed by atoms with Crippen LogP contribution >= 0.6 is 0 Å². The molecule has 1 aliphatic heterocycles. The molecule has 0 spiro atoms. The van der Waals surface area contributed by atoms with Crippen LogP contribution in [0.5, 0.6) is 5.75 Å². The van der Waals surface area contributed by atoms with Crippen molar-refractivity contribution in [1.29, 1.82) is 0 Å². The van der Waals surface area contributed by atoms with Gasteiger partial charge < -0.3 is 15.0 Å². The normalized spacial score (nSPS) is 14.7. The maximum Gasteiger partial charge on any atom is 0.325 e. The third kappa shape index (κ3) is 4.85. The Morgan fingerprint density at radius 3 is 2.42 bits per heavy atom. The van der Waals surface area contributed by atoms with Gasteiger partial charge in [0.15, 0.2) is 0 Å². The van der Waals surface area contributed by atoms with Crippen LogP contribution in [-0.4, -0.2) is 37.0 Å². The molecule has 0 bridgehead atoms. The van der Waals surface area contributed by atoms with Crippen LogP contribution in [0.15, 0.2) is 72.8 Å². The molecular formula is C27H29N3O3. The highest BCUT2D eigenvalue weighted by molar-refractivity contribution is 6.07. The molecule has 33 heavy (non-hydrogen) atoms. The molecule has 3 amide bonds. The molecule has 4 rings (SSSR count). The monoisotopic (exact) mass is 443 g/mol. The van der Waals surface area contributed by atoms with Crippen molar-refractivity contribution < 1.29 is 14.3 Å². The predicted molar refractivity (Wildman–Crippen MR) is 131 cm³/mol. The summed E-state index contributed by atoms with van der Waals surface area (Å²) in [6.07, 6.45) is 0.850. The first-order valence-electron chi connectivity index (χ1n) is 11.2. The Bertz CT molecular complexity index is 1130. The van der Waals surface area contributed by atoms with Crippen molar-refractivity contribution in [3.63, 3.8) is 0 Å². The number of hydrogen-bond donors (Lipinski definition) is 1. The fourth-order valence-corrected chi connectivity index (χ4v) is 4.16. The van der Waals surface area contributed by atoms with Crippen molar-refractivity contribution in [3.05, 3.63) is 89.5 Å². The van der Waals surface area contributed by atoms with Crippen LogP contribution in [0.3, 0.4) is 0 Å². The van der Waals surface area contributed by atoms with Crippen molar-refractivity contribution >= 4 is 23.3 Å². The number of urea groups is 1. The van der Waals surface area contributed by atoms with Crippen molar-refractivity contribution in [2.45, 2.75) is 26.3 Å². The lowest BCUT2D eigenvalue weighted by molar-refractivity contribution is 0.102. The summed E-state index contributed by atoms with van der Waals surface area (Å²) < 4.78 is 5.17. The molecule has 1 fully saturated rings. The number of amides is 3. The number of carbonyl (C=O) groups excluding carboxylic acids is 2. The molecule has 1 saturated heterocycles. The highest BCUT2D eigenvalue weighted by Crippen LogP contribution is 2.33. The summed E-state index contributed by atoms with van der Waals surface area (Å²) >= 11 is 0. The molecule has 1 aliphatic rings. The van der Waals surface area contributed by atoms with Crippen LogP contribution in [0, 0.1) is 6.92 Å². The third-order valence-electron chi connectivity index (χ3n) is 6.05. The highest BCUT2D eigenvalue weighted by atomic mass is 16.5. The minimum Gasteiger partial charge on any atom is -0.497 e. The fraction of sp³-hybridized carbons (Fsp3) is 0.259. The van der Waals surface area contributed by atoms with Crippen LogP contribution in [0.2, 0.25) is 0 Å². The Morgan fingerprint density at radius 1 is 1.00 bits per heavy atom. The average Bonchev–Trinajstić information content (AvgIpc) is 2.85. The first-order valence-corrected chi connectivity index (χ1v) is 11.2. The maximum atomic E-state index is 13.5. The molecule has 6 heteroatoms. The molecule has 0 unspecified atom stereocenters.